The van der Waals surface area contributed by atoms with Crippen molar-refractivity contribution in [2.75, 3.05) is 13.2 Å². The standard InChI is InChI=1S/C68H63NO13S/c70-64(52-34-18-6-19-35-52)81-59-57(79-67(83-68-69-54-38-22-23-39-55(54)80-68)63(76-44-51-32-16-5-17-33-51)61(59)82-65(71)53-36-20-7-21-37-53)46-77-66-62(75-43-50-30-14-4-15-31-50)60(74-42-49-28-12-3-13-29-49)58(73-41-48-26-10-2-11-27-48)56(78-66)45-72-40-47-24-8-1-9-25-47/h1-39,56-63,66-67H,40-46H2. The SMILES string of the molecule is O=C(OC1C(COC2OC(COCc3ccccc3)C(OCc3ccccc3)C(OCc3ccccc3)C2OCc2ccccc2)OC(Sc2nc3ccccc3o2)C(OCc2ccccc2)C1OC(=O)c1ccccc1)c1ccccc1. The number of benzene rings is 8. The van der Waals surface area contributed by atoms with Crippen molar-refractivity contribution in [3.63, 3.8) is 0 Å². The van der Waals surface area contributed by atoms with E-state index in [-0.39, 0.29) is 56.0 Å². The van der Waals surface area contributed by atoms with Gasteiger partial charge < -0.3 is 51.8 Å². The van der Waals surface area contributed by atoms with E-state index in [0.29, 0.717) is 17.7 Å². The monoisotopic (exact) mass is 1130 g/mol. The van der Waals surface area contributed by atoms with Gasteiger partial charge >= 0.3 is 11.9 Å². The summed E-state index contributed by atoms with van der Waals surface area (Å²) in [5, 5.41) is 0.264. The minimum atomic E-state index is -1.36. The van der Waals surface area contributed by atoms with E-state index in [2.05, 4.69) is 0 Å². The predicted molar refractivity (Wildman–Crippen MR) is 311 cm³/mol. The quantitative estimate of drug-likeness (QED) is 0.0499. The molecule has 2 fully saturated rings. The zero-order valence-electron chi connectivity index (χ0n) is 45.4. The van der Waals surface area contributed by atoms with E-state index < -0.39 is 72.5 Å². The highest BCUT2D eigenvalue weighted by Crippen LogP contribution is 2.40. The van der Waals surface area contributed by atoms with Crippen LogP contribution in [0, 0.1) is 0 Å². The molecule has 83 heavy (non-hydrogen) atoms. The second-order valence-corrected chi connectivity index (χ2v) is 21.1. The first-order valence-electron chi connectivity index (χ1n) is 27.7. The molecule has 3 heterocycles. The van der Waals surface area contributed by atoms with Crippen LogP contribution in [0.2, 0.25) is 0 Å². The molecular formula is C68H63NO13S. The summed E-state index contributed by atoms with van der Waals surface area (Å²) in [6, 6.07) is 73.6. The highest BCUT2D eigenvalue weighted by Gasteiger charge is 2.54. The molecule has 1 aromatic heterocycles. The van der Waals surface area contributed by atoms with Crippen LogP contribution in [-0.4, -0.2) is 90.7 Å². The van der Waals surface area contributed by atoms with Gasteiger partial charge in [-0.05, 0) is 76.0 Å². The minimum absolute atomic E-state index is 0.0708. The fourth-order valence-electron chi connectivity index (χ4n) is 9.93. The smallest absolute Gasteiger partial charge is 0.338 e. The van der Waals surface area contributed by atoms with Gasteiger partial charge in [-0.1, -0.05) is 200 Å². The highest BCUT2D eigenvalue weighted by atomic mass is 32.2. The topological polar surface area (TPSA) is 152 Å². The third-order valence-electron chi connectivity index (χ3n) is 14.1. The summed E-state index contributed by atoms with van der Waals surface area (Å²) in [5.41, 5.74) is 5.28. The molecule has 0 radical (unpaired) electrons. The molecule has 0 spiro atoms. The van der Waals surface area contributed by atoms with Gasteiger partial charge in [-0.15, -0.1) is 0 Å². The van der Waals surface area contributed by atoms with Crippen LogP contribution in [0.1, 0.15) is 48.5 Å². The molecule has 15 heteroatoms. The molecule has 2 saturated heterocycles. The number of hydrogen-bond donors (Lipinski definition) is 0. The van der Waals surface area contributed by atoms with E-state index in [4.69, 9.17) is 56.8 Å². The first-order valence-corrected chi connectivity index (χ1v) is 28.6. The number of oxazole rings is 1. The van der Waals surface area contributed by atoms with E-state index in [1.807, 2.05) is 176 Å². The summed E-state index contributed by atoms with van der Waals surface area (Å²) in [7, 11) is 0. The fraction of sp³-hybridized carbons (Fsp3) is 0.250. The molecule has 0 bridgehead atoms. The molecule has 8 aromatic carbocycles. The molecule has 2 aliphatic heterocycles. The lowest BCUT2D eigenvalue weighted by atomic mass is 9.97. The van der Waals surface area contributed by atoms with Gasteiger partial charge in [0.25, 0.3) is 5.22 Å². The van der Waals surface area contributed by atoms with Crippen molar-refractivity contribution in [2.45, 2.75) is 98.8 Å². The van der Waals surface area contributed by atoms with Gasteiger partial charge in [0.15, 0.2) is 24.1 Å². The Morgan fingerprint density at radius 1 is 0.386 bits per heavy atom. The normalized spacial score (nSPS) is 22.4. The van der Waals surface area contributed by atoms with Gasteiger partial charge in [0.2, 0.25) is 0 Å². The van der Waals surface area contributed by atoms with Crippen LogP contribution < -0.4 is 0 Å². The highest BCUT2D eigenvalue weighted by molar-refractivity contribution is 7.99. The van der Waals surface area contributed by atoms with E-state index in [0.717, 1.165) is 39.6 Å². The summed E-state index contributed by atoms with van der Waals surface area (Å²) in [6.45, 7) is 0.705. The Balaban J connectivity index is 0.984. The van der Waals surface area contributed by atoms with Crippen LogP contribution in [-0.2, 0) is 80.4 Å². The summed E-state index contributed by atoms with van der Waals surface area (Å²) >= 11 is 1.14. The largest absolute Gasteiger partial charge is 0.452 e. The number of rotatable bonds is 25. The summed E-state index contributed by atoms with van der Waals surface area (Å²) in [6.07, 6.45) is -9.51. The second kappa shape index (κ2) is 28.9. The van der Waals surface area contributed by atoms with Crippen molar-refractivity contribution < 1.29 is 61.4 Å². The molecule has 0 N–H and O–H groups in total. The molecule has 0 saturated carbocycles. The zero-order valence-corrected chi connectivity index (χ0v) is 46.2. The van der Waals surface area contributed by atoms with Crippen LogP contribution in [0.4, 0.5) is 0 Å². The number of para-hydroxylation sites is 2. The molecule has 11 rings (SSSR count). The maximum Gasteiger partial charge on any atom is 0.338 e. The van der Waals surface area contributed by atoms with Crippen molar-refractivity contribution in [1.29, 1.82) is 0 Å². The van der Waals surface area contributed by atoms with Crippen LogP contribution in [0.25, 0.3) is 11.1 Å². The number of nitrogens with zero attached hydrogens (tertiary/aromatic N) is 1. The molecule has 10 unspecified atom stereocenters. The molecule has 14 nitrogen and oxygen atoms in total. The minimum Gasteiger partial charge on any atom is -0.452 e. The van der Waals surface area contributed by atoms with E-state index >= 15 is 0 Å². The Bertz CT molecular complexity index is 3350. The van der Waals surface area contributed by atoms with E-state index in [1.165, 1.54) is 0 Å². The third kappa shape index (κ3) is 15.5. The van der Waals surface area contributed by atoms with Gasteiger partial charge in [-0.3, -0.25) is 0 Å². The van der Waals surface area contributed by atoms with E-state index in [1.54, 1.807) is 60.7 Å². The summed E-state index contributed by atoms with van der Waals surface area (Å²) in [4.78, 5) is 33.9. The molecule has 0 amide bonds. The zero-order chi connectivity index (χ0) is 56.4. The van der Waals surface area contributed by atoms with Crippen LogP contribution in [0.3, 0.4) is 0 Å². The number of carbonyl (C=O) groups excluding carboxylic acids is 2. The lowest BCUT2D eigenvalue weighted by Crippen LogP contribution is -2.63. The van der Waals surface area contributed by atoms with Crippen LogP contribution in [0.15, 0.2) is 246 Å². The van der Waals surface area contributed by atoms with Crippen molar-refractivity contribution in [1.82, 2.24) is 4.98 Å². The van der Waals surface area contributed by atoms with Crippen molar-refractivity contribution >= 4 is 34.8 Å². The Hall–Kier alpha value is -7.80. The number of hydrogen-bond acceptors (Lipinski definition) is 15. The Morgan fingerprint density at radius 3 is 1.30 bits per heavy atom. The van der Waals surface area contributed by atoms with Gasteiger partial charge in [-0.2, -0.15) is 0 Å². The number of thioether (sulfide) groups is 1. The van der Waals surface area contributed by atoms with Crippen molar-refractivity contribution in [3.05, 3.63) is 276 Å². The van der Waals surface area contributed by atoms with Gasteiger partial charge in [0, 0.05) is 0 Å². The Morgan fingerprint density at radius 2 is 0.795 bits per heavy atom. The Labute approximate surface area is 486 Å². The number of fused-ring (bicyclic) bond motifs is 1. The lowest BCUT2D eigenvalue weighted by Gasteiger charge is -2.47. The number of carbonyl (C=O) groups is 2. The molecule has 424 valence electrons. The van der Waals surface area contributed by atoms with Crippen molar-refractivity contribution in [2.24, 2.45) is 0 Å². The van der Waals surface area contributed by atoms with Crippen LogP contribution in [0.5, 0.6) is 0 Å². The van der Waals surface area contributed by atoms with Gasteiger partial charge in [0.05, 0.1) is 57.4 Å². The summed E-state index contributed by atoms with van der Waals surface area (Å²) in [5.74, 6) is -1.38. The molecule has 9 aromatic rings. The molecule has 2 aliphatic rings. The first-order chi connectivity index (χ1) is 41.0. The van der Waals surface area contributed by atoms with Crippen LogP contribution >= 0.6 is 11.8 Å². The van der Waals surface area contributed by atoms with Gasteiger partial charge in [-0.25, -0.2) is 14.6 Å². The maximum absolute atomic E-state index is 14.6. The average molecular weight is 1130 g/mol. The number of ether oxygens (including phenoxy) is 10. The predicted octanol–water partition coefficient (Wildman–Crippen LogP) is 12.4. The molecule has 10 atom stereocenters. The fourth-order valence-corrected chi connectivity index (χ4v) is 11.0. The summed E-state index contributed by atoms with van der Waals surface area (Å²) < 4.78 is 75.1. The first kappa shape index (κ1) is 57.0. The van der Waals surface area contributed by atoms with Gasteiger partial charge in [0.1, 0.15) is 47.6 Å². The molecule has 0 aliphatic carbocycles. The maximum atomic E-state index is 14.6. The third-order valence-corrected chi connectivity index (χ3v) is 15.1. The number of esters is 2. The second-order valence-electron chi connectivity index (χ2n) is 20.0. The molecular weight excluding hydrogens is 1070 g/mol. The lowest BCUT2D eigenvalue weighted by molar-refractivity contribution is -0.335. The number of aromatic nitrogens is 1. The average Bonchev–Trinajstić information content (AvgIpc) is 4.13. The Kier molecular flexibility index (Phi) is 19.9. The van der Waals surface area contributed by atoms with E-state index in [9.17, 15) is 9.59 Å². The van der Waals surface area contributed by atoms with Crippen molar-refractivity contribution in [3.8, 4) is 0 Å².